The Bertz CT molecular complexity index is 162. The van der Waals surface area contributed by atoms with Gasteiger partial charge in [-0.25, -0.2) is 0 Å². The molecule has 0 aliphatic heterocycles. The zero-order valence-electron chi connectivity index (χ0n) is 8.38. The highest BCUT2D eigenvalue weighted by Gasteiger charge is 2.20. The molecule has 0 heterocycles. The Balaban J connectivity index is 2.14. The third-order valence-corrected chi connectivity index (χ3v) is 2.86. The van der Waals surface area contributed by atoms with Gasteiger partial charge in [0.2, 0.25) is 5.91 Å². The van der Waals surface area contributed by atoms with Crippen LogP contribution in [0.25, 0.3) is 0 Å². The van der Waals surface area contributed by atoms with Crippen LogP contribution < -0.4 is 11.1 Å². The lowest BCUT2D eigenvalue weighted by Crippen LogP contribution is -2.40. The van der Waals surface area contributed by atoms with Crippen molar-refractivity contribution in [2.45, 2.75) is 45.1 Å². The monoisotopic (exact) mass is 184 g/mol. The number of nitrogens with one attached hydrogen (secondary N) is 1. The Morgan fingerprint density at radius 3 is 2.69 bits per heavy atom. The summed E-state index contributed by atoms with van der Waals surface area (Å²) in [5.41, 5.74) is 5.53. The van der Waals surface area contributed by atoms with Crippen molar-refractivity contribution < 1.29 is 4.79 Å². The van der Waals surface area contributed by atoms with Gasteiger partial charge in [0.25, 0.3) is 0 Å². The first-order valence-electron chi connectivity index (χ1n) is 5.25. The number of amides is 1. The van der Waals surface area contributed by atoms with E-state index in [0.717, 1.165) is 19.3 Å². The predicted molar refractivity (Wildman–Crippen MR) is 53.2 cm³/mol. The average Bonchev–Trinajstić information content (AvgIpc) is 2.07. The fourth-order valence-corrected chi connectivity index (χ4v) is 1.50. The molecule has 0 aromatic heterocycles. The first kappa shape index (κ1) is 10.5. The number of rotatable bonds is 5. The van der Waals surface area contributed by atoms with Gasteiger partial charge in [-0.2, -0.15) is 0 Å². The second kappa shape index (κ2) is 5.22. The summed E-state index contributed by atoms with van der Waals surface area (Å²) < 4.78 is 0. The molecule has 1 saturated carbocycles. The topological polar surface area (TPSA) is 55.1 Å². The van der Waals surface area contributed by atoms with Crippen molar-refractivity contribution in [1.82, 2.24) is 5.32 Å². The van der Waals surface area contributed by atoms with Crippen molar-refractivity contribution in [2.75, 3.05) is 6.54 Å². The molecule has 0 radical (unpaired) electrons. The van der Waals surface area contributed by atoms with E-state index in [9.17, 15) is 4.79 Å². The number of nitrogens with two attached hydrogens (primary N) is 1. The quantitative estimate of drug-likeness (QED) is 0.670. The second-order valence-corrected chi connectivity index (χ2v) is 3.91. The van der Waals surface area contributed by atoms with E-state index in [1.54, 1.807) is 0 Å². The van der Waals surface area contributed by atoms with Crippen molar-refractivity contribution >= 4 is 5.91 Å². The summed E-state index contributed by atoms with van der Waals surface area (Å²) in [7, 11) is 0. The Morgan fingerprint density at radius 2 is 2.31 bits per heavy atom. The molecule has 1 fully saturated rings. The smallest absolute Gasteiger partial charge is 0.220 e. The molecule has 3 nitrogen and oxygen atoms in total. The number of carbonyl (C=O) groups excluding carboxylic acids is 1. The number of hydrogen-bond donors (Lipinski definition) is 2. The Labute approximate surface area is 80.1 Å². The number of hydrogen-bond acceptors (Lipinski definition) is 2. The molecule has 1 aliphatic rings. The van der Waals surface area contributed by atoms with E-state index >= 15 is 0 Å². The van der Waals surface area contributed by atoms with Crippen molar-refractivity contribution in [3.05, 3.63) is 0 Å². The molecule has 0 spiro atoms. The van der Waals surface area contributed by atoms with Gasteiger partial charge in [-0.3, -0.25) is 4.79 Å². The molecule has 0 aromatic rings. The van der Waals surface area contributed by atoms with Crippen LogP contribution in [-0.4, -0.2) is 18.5 Å². The Kier molecular flexibility index (Phi) is 4.22. The van der Waals surface area contributed by atoms with Crippen LogP contribution in [0.15, 0.2) is 0 Å². The van der Waals surface area contributed by atoms with Crippen LogP contribution in [0.2, 0.25) is 0 Å². The summed E-state index contributed by atoms with van der Waals surface area (Å²) in [6, 6.07) is 0.461. The maximum Gasteiger partial charge on any atom is 0.220 e. The van der Waals surface area contributed by atoms with Crippen LogP contribution in [0.3, 0.4) is 0 Å². The highest BCUT2D eigenvalue weighted by Crippen LogP contribution is 2.18. The van der Waals surface area contributed by atoms with Crippen LogP contribution in [-0.2, 0) is 4.79 Å². The van der Waals surface area contributed by atoms with Gasteiger partial charge < -0.3 is 11.1 Å². The van der Waals surface area contributed by atoms with Crippen LogP contribution >= 0.6 is 0 Å². The molecule has 0 aromatic carbocycles. The molecule has 76 valence electrons. The van der Waals surface area contributed by atoms with Gasteiger partial charge in [0.05, 0.1) is 0 Å². The maximum atomic E-state index is 11.4. The van der Waals surface area contributed by atoms with E-state index in [1.807, 2.05) is 0 Å². The van der Waals surface area contributed by atoms with Gasteiger partial charge in [-0.15, -0.1) is 0 Å². The summed E-state index contributed by atoms with van der Waals surface area (Å²) in [6.45, 7) is 2.70. The fraction of sp³-hybridized carbons (Fsp3) is 0.900. The van der Waals surface area contributed by atoms with Crippen LogP contribution in [0.1, 0.15) is 39.0 Å². The van der Waals surface area contributed by atoms with E-state index < -0.39 is 0 Å². The van der Waals surface area contributed by atoms with Gasteiger partial charge in [0.1, 0.15) is 0 Å². The average molecular weight is 184 g/mol. The maximum absolute atomic E-state index is 11.4. The summed E-state index contributed by atoms with van der Waals surface area (Å²) in [4.78, 5) is 11.4. The number of carbonyl (C=O) groups is 1. The third kappa shape index (κ3) is 3.35. The highest BCUT2D eigenvalue weighted by atomic mass is 16.1. The minimum atomic E-state index is 0.182. The molecule has 3 N–H and O–H groups in total. The summed E-state index contributed by atoms with van der Waals surface area (Å²) in [5, 5.41) is 3.02. The van der Waals surface area contributed by atoms with Crippen molar-refractivity contribution in [2.24, 2.45) is 11.7 Å². The van der Waals surface area contributed by atoms with E-state index in [4.69, 9.17) is 5.73 Å². The SMILES string of the molecule is CCC(CN)CC(=O)NC1CCC1. The van der Waals surface area contributed by atoms with Crippen LogP contribution in [0.5, 0.6) is 0 Å². The predicted octanol–water partition coefficient (Wildman–Crippen LogP) is 1.03. The zero-order valence-corrected chi connectivity index (χ0v) is 8.38. The van der Waals surface area contributed by atoms with E-state index in [0.29, 0.717) is 24.9 Å². The highest BCUT2D eigenvalue weighted by molar-refractivity contribution is 5.76. The van der Waals surface area contributed by atoms with Crippen molar-refractivity contribution in [1.29, 1.82) is 0 Å². The fourth-order valence-electron chi connectivity index (χ4n) is 1.50. The zero-order chi connectivity index (χ0) is 9.68. The standard InChI is InChI=1S/C10H20N2O/c1-2-8(7-11)6-10(13)12-9-4-3-5-9/h8-9H,2-7,11H2,1H3,(H,12,13). The van der Waals surface area contributed by atoms with E-state index in [1.165, 1.54) is 6.42 Å². The third-order valence-electron chi connectivity index (χ3n) is 2.86. The Hall–Kier alpha value is -0.570. The lowest BCUT2D eigenvalue weighted by molar-refractivity contribution is -0.123. The summed E-state index contributed by atoms with van der Waals surface area (Å²) in [5.74, 6) is 0.544. The molecule has 0 bridgehead atoms. The second-order valence-electron chi connectivity index (χ2n) is 3.91. The first-order valence-corrected chi connectivity index (χ1v) is 5.25. The summed E-state index contributed by atoms with van der Waals surface area (Å²) in [6.07, 6.45) is 5.17. The Morgan fingerprint density at radius 1 is 1.62 bits per heavy atom. The largest absolute Gasteiger partial charge is 0.353 e. The molecule has 1 amide bonds. The molecule has 1 atom stereocenters. The molecule has 0 saturated heterocycles. The minimum absolute atomic E-state index is 0.182. The van der Waals surface area contributed by atoms with Gasteiger partial charge in [0.15, 0.2) is 0 Å². The first-order chi connectivity index (χ1) is 6.26. The normalized spacial score (nSPS) is 19.2. The lowest BCUT2D eigenvalue weighted by Gasteiger charge is -2.27. The van der Waals surface area contributed by atoms with E-state index in [2.05, 4.69) is 12.2 Å². The van der Waals surface area contributed by atoms with E-state index in [-0.39, 0.29) is 5.91 Å². The van der Waals surface area contributed by atoms with Gasteiger partial charge >= 0.3 is 0 Å². The van der Waals surface area contributed by atoms with Gasteiger partial charge in [-0.1, -0.05) is 13.3 Å². The molecule has 3 heteroatoms. The molecule has 1 aliphatic carbocycles. The lowest BCUT2D eigenvalue weighted by atomic mass is 9.92. The molecule has 1 rings (SSSR count). The molecular formula is C10H20N2O. The van der Waals surface area contributed by atoms with Crippen molar-refractivity contribution in [3.63, 3.8) is 0 Å². The van der Waals surface area contributed by atoms with Gasteiger partial charge in [0, 0.05) is 12.5 Å². The summed E-state index contributed by atoms with van der Waals surface area (Å²) >= 11 is 0. The van der Waals surface area contributed by atoms with Gasteiger partial charge in [-0.05, 0) is 31.7 Å². The molecule has 1 unspecified atom stereocenters. The minimum Gasteiger partial charge on any atom is -0.353 e. The van der Waals surface area contributed by atoms with Crippen molar-refractivity contribution in [3.8, 4) is 0 Å². The molecule has 13 heavy (non-hydrogen) atoms. The molecular weight excluding hydrogens is 164 g/mol. The van der Waals surface area contributed by atoms with Crippen LogP contribution in [0, 0.1) is 5.92 Å². The van der Waals surface area contributed by atoms with Crippen LogP contribution in [0.4, 0.5) is 0 Å².